The monoisotopic (exact) mass is 284 g/mol. The molecule has 0 aromatic heterocycles. The van der Waals surface area contributed by atoms with Crippen LogP contribution in [-0.2, 0) is 4.74 Å². The smallest absolute Gasteiger partial charge is 0.478 e. The van der Waals surface area contributed by atoms with Crippen LogP contribution < -0.4 is 0 Å². The van der Waals surface area contributed by atoms with Gasteiger partial charge in [-0.15, -0.1) is 13.2 Å². The van der Waals surface area contributed by atoms with Gasteiger partial charge in [0.25, 0.3) is 0 Å². The van der Waals surface area contributed by atoms with Crippen LogP contribution in [0.5, 0.6) is 0 Å². The fourth-order valence-corrected chi connectivity index (χ4v) is 1.67. The van der Waals surface area contributed by atoms with Gasteiger partial charge in [-0.05, 0) is 35.0 Å². The number of carboxylic acid groups (broad SMARTS) is 1. The molecule has 20 heavy (non-hydrogen) atoms. The van der Waals surface area contributed by atoms with Crippen LogP contribution in [0.1, 0.15) is 20.7 Å². The summed E-state index contributed by atoms with van der Waals surface area (Å²) in [5, 5.41) is 9.75. The van der Waals surface area contributed by atoms with Crippen molar-refractivity contribution in [1.29, 1.82) is 0 Å². The highest BCUT2D eigenvalue weighted by Gasteiger charge is 2.34. The van der Waals surface area contributed by atoms with E-state index in [1.165, 1.54) is 30.3 Å². The van der Waals surface area contributed by atoms with Crippen LogP contribution in [0.2, 0.25) is 0 Å². The standard InChI is InChI=1S/C13H7F3O4/c14-13(15,16)20-12(19)10-4-2-7-5-9(11(17)18)3-1-8(7)6-10/h1-6H,(H,17,18). The van der Waals surface area contributed by atoms with Crippen molar-refractivity contribution in [1.82, 2.24) is 0 Å². The fraction of sp³-hybridized carbons (Fsp3) is 0.0769. The molecule has 0 fully saturated rings. The van der Waals surface area contributed by atoms with E-state index in [0.29, 0.717) is 10.8 Å². The summed E-state index contributed by atoms with van der Waals surface area (Å²) >= 11 is 0. The number of ether oxygens (including phenoxy) is 1. The van der Waals surface area contributed by atoms with Gasteiger partial charge in [0, 0.05) is 0 Å². The number of aromatic carboxylic acids is 1. The Labute approximate surface area is 110 Å². The minimum absolute atomic E-state index is 0.0446. The van der Waals surface area contributed by atoms with Crippen molar-refractivity contribution in [3.05, 3.63) is 47.5 Å². The highest BCUT2D eigenvalue weighted by atomic mass is 19.4. The van der Waals surface area contributed by atoms with Gasteiger partial charge in [0.1, 0.15) is 0 Å². The third-order valence-electron chi connectivity index (χ3n) is 2.53. The van der Waals surface area contributed by atoms with Crippen LogP contribution in [0.3, 0.4) is 0 Å². The maximum absolute atomic E-state index is 11.9. The van der Waals surface area contributed by atoms with Crippen molar-refractivity contribution in [2.45, 2.75) is 6.36 Å². The van der Waals surface area contributed by atoms with E-state index in [1.54, 1.807) is 0 Å². The lowest BCUT2D eigenvalue weighted by molar-refractivity contribution is -0.291. The number of esters is 1. The number of hydrogen-bond donors (Lipinski definition) is 1. The number of alkyl halides is 3. The SMILES string of the molecule is O=C(O)c1ccc2cc(C(=O)OC(F)(F)F)ccc2c1. The lowest BCUT2D eigenvalue weighted by atomic mass is 10.0. The van der Waals surface area contributed by atoms with E-state index >= 15 is 0 Å². The predicted octanol–water partition coefficient (Wildman–Crippen LogP) is 3.21. The summed E-state index contributed by atoms with van der Waals surface area (Å²) in [5.74, 6) is -2.63. The fourth-order valence-electron chi connectivity index (χ4n) is 1.67. The van der Waals surface area contributed by atoms with Crippen LogP contribution in [0.4, 0.5) is 13.2 Å². The van der Waals surface area contributed by atoms with Crippen LogP contribution in [0.15, 0.2) is 36.4 Å². The Morgan fingerprint density at radius 2 is 1.45 bits per heavy atom. The number of fused-ring (bicyclic) bond motifs is 1. The number of carboxylic acids is 1. The second kappa shape index (κ2) is 4.84. The van der Waals surface area contributed by atoms with E-state index in [9.17, 15) is 22.8 Å². The summed E-state index contributed by atoms with van der Waals surface area (Å²) in [6, 6.07) is 7.76. The molecule has 0 saturated carbocycles. The average Bonchev–Trinajstić information content (AvgIpc) is 2.35. The molecule has 7 heteroatoms. The molecule has 0 heterocycles. The second-order valence-corrected chi connectivity index (χ2v) is 3.92. The Balaban J connectivity index is 2.37. The molecule has 4 nitrogen and oxygen atoms in total. The maximum atomic E-state index is 11.9. The van der Waals surface area contributed by atoms with Crippen LogP contribution >= 0.6 is 0 Å². The third kappa shape index (κ3) is 3.05. The Morgan fingerprint density at radius 1 is 0.950 bits per heavy atom. The quantitative estimate of drug-likeness (QED) is 0.860. The zero-order chi connectivity index (χ0) is 14.9. The lowest BCUT2D eigenvalue weighted by Crippen LogP contribution is -2.19. The zero-order valence-corrected chi connectivity index (χ0v) is 9.77. The summed E-state index contributed by atoms with van der Waals surface area (Å²) in [5.41, 5.74) is -0.221. The minimum atomic E-state index is -5.04. The van der Waals surface area contributed by atoms with Gasteiger partial charge in [0.15, 0.2) is 0 Å². The molecule has 0 radical (unpaired) electrons. The number of carbonyl (C=O) groups is 2. The van der Waals surface area contributed by atoms with Crippen molar-refractivity contribution < 1.29 is 32.6 Å². The molecule has 0 atom stereocenters. The van der Waals surface area contributed by atoms with E-state index in [0.717, 1.165) is 6.07 Å². The molecule has 0 aliphatic carbocycles. The topological polar surface area (TPSA) is 63.6 Å². The van der Waals surface area contributed by atoms with Gasteiger partial charge in [-0.3, -0.25) is 0 Å². The van der Waals surface area contributed by atoms with Crippen molar-refractivity contribution in [2.24, 2.45) is 0 Å². The first-order valence-electron chi connectivity index (χ1n) is 5.33. The molecule has 2 rings (SSSR count). The summed E-state index contributed by atoms with van der Waals surface area (Å²) in [6.07, 6.45) is -5.04. The number of halogens is 3. The predicted molar refractivity (Wildman–Crippen MR) is 62.4 cm³/mol. The number of rotatable bonds is 2. The summed E-state index contributed by atoms with van der Waals surface area (Å²) in [6.45, 7) is 0. The van der Waals surface area contributed by atoms with Gasteiger partial charge in [-0.2, -0.15) is 0 Å². The van der Waals surface area contributed by atoms with Gasteiger partial charge in [-0.25, -0.2) is 9.59 Å². The number of carbonyl (C=O) groups excluding carboxylic acids is 1. The maximum Gasteiger partial charge on any atom is 0.575 e. The zero-order valence-electron chi connectivity index (χ0n) is 9.77. The Morgan fingerprint density at radius 3 is 1.95 bits per heavy atom. The number of hydrogen-bond acceptors (Lipinski definition) is 3. The average molecular weight is 284 g/mol. The van der Waals surface area contributed by atoms with Crippen molar-refractivity contribution >= 4 is 22.7 Å². The molecular weight excluding hydrogens is 277 g/mol. The van der Waals surface area contributed by atoms with E-state index in [2.05, 4.69) is 4.74 Å². The molecule has 0 amide bonds. The summed E-state index contributed by atoms with van der Waals surface area (Å²) in [7, 11) is 0. The minimum Gasteiger partial charge on any atom is -0.478 e. The van der Waals surface area contributed by atoms with Gasteiger partial charge < -0.3 is 9.84 Å². The van der Waals surface area contributed by atoms with Gasteiger partial charge in [0.2, 0.25) is 0 Å². The Hall–Kier alpha value is -2.57. The molecule has 2 aromatic carbocycles. The molecule has 0 spiro atoms. The van der Waals surface area contributed by atoms with Gasteiger partial charge >= 0.3 is 18.3 Å². The van der Waals surface area contributed by atoms with E-state index < -0.39 is 18.3 Å². The van der Waals surface area contributed by atoms with Gasteiger partial charge in [-0.1, -0.05) is 12.1 Å². The molecule has 104 valence electrons. The molecule has 1 N–H and O–H groups in total. The normalized spacial score (nSPS) is 11.3. The summed E-state index contributed by atoms with van der Waals surface area (Å²) < 4.78 is 39.1. The Bertz CT molecular complexity index is 692. The van der Waals surface area contributed by atoms with Gasteiger partial charge in [0.05, 0.1) is 11.1 Å². The highest BCUT2D eigenvalue weighted by Crippen LogP contribution is 2.22. The van der Waals surface area contributed by atoms with Crippen LogP contribution in [0, 0.1) is 0 Å². The lowest BCUT2D eigenvalue weighted by Gasteiger charge is -2.08. The molecular formula is C13H7F3O4. The van der Waals surface area contributed by atoms with Crippen LogP contribution in [-0.4, -0.2) is 23.4 Å². The molecule has 0 bridgehead atoms. The van der Waals surface area contributed by atoms with Crippen molar-refractivity contribution in [3.8, 4) is 0 Å². The largest absolute Gasteiger partial charge is 0.575 e. The van der Waals surface area contributed by atoms with E-state index in [-0.39, 0.29) is 11.1 Å². The molecule has 0 aliphatic rings. The number of benzene rings is 2. The molecule has 0 saturated heterocycles. The first-order valence-corrected chi connectivity index (χ1v) is 5.33. The van der Waals surface area contributed by atoms with E-state index in [1.807, 2.05) is 0 Å². The van der Waals surface area contributed by atoms with Crippen molar-refractivity contribution in [2.75, 3.05) is 0 Å². The second-order valence-electron chi connectivity index (χ2n) is 3.92. The first-order chi connectivity index (χ1) is 9.26. The first kappa shape index (κ1) is 13.9. The summed E-state index contributed by atoms with van der Waals surface area (Å²) in [4.78, 5) is 22.0. The Kier molecular flexibility index (Phi) is 3.35. The van der Waals surface area contributed by atoms with Crippen molar-refractivity contribution in [3.63, 3.8) is 0 Å². The highest BCUT2D eigenvalue weighted by molar-refractivity contribution is 5.98. The molecule has 2 aromatic rings. The molecule has 0 aliphatic heterocycles. The van der Waals surface area contributed by atoms with Crippen LogP contribution in [0.25, 0.3) is 10.8 Å². The molecule has 0 unspecified atom stereocenters. The van der Waals surface area contributed by atoms with E-state index in [4.69, 9.17) is 5.11 Å². The third-order valence-corrected chi connectivity index (χ3v) is 2.53.